The van der Waals surface area contributed by atoms with Gasteiger partial charge in [0.1, 0.15) is 59.6 Å². The molecule has 1 aliphatic heterocycles. The molecule has 0 radical (unpaired) electrons. The average molecular weight is 900 g/mol. The smallest absolute Gasteiger partial charge is 0.407 e. The fourth-order valence-corrected chi connectivity index (χ4v) is 6.15. The van der Waals surface area contributed by atoms with Gasteiger partial charge in [-0.25, -0.2) is 19.2 Å². The first-order valence-corrected chi connectivity index (χ1v) is 20.9. The first kappa shape index (κ1) is 52.0. The number of nitrogens with two attached hydrogens (primary N) is 1. The Labute approximate surface area is 374 Å². The van der Waals surface area contributed by atoms with Crippen LogP contribution in [0.25, 0.3) is 11.1 Å². The molecule has 0 aromatic heterocycles. The van der Waals surface area contributed by atoms with Crippen LogP contribution in [0.3, 0.4) is 0 Å². The van der Waals surface area contributed by atoms with Gasteiger partial charge in [-0.15, -0.1) is 0 Å². The van der Waals surface area contributed by atoms with Gasteiger partial charge in [-0.2, -0.15) is 0 Å². The van der Waals surface area contributed by atoms with Crippen LogP contribution in [0.2, 0.25) is 0 Å². The van der Waals surface area contributed by atoms with Crippen molar-refractivity contribution in [2.75, 3.05) is 39.9 Å². The number of ether oxygens (including phenoxy) is 5. The zero-order valence-corrected chi connectivity index (χ0v) is 38.6. The molecule has 0 spiro atoms. The van der Waals surface area contributed by atoms with Gasteiger partial charge in [0.25, 0.3) is 0 Å². The number of carbonyl (C=O) groups excluding carboxylic acids is 6. The van der Waals surface area contributed by atoms with Gasteiger partial charge in [0.15, 0.2) is 0 Å². The van der Waals surface area contributed by atoms with Crippen LogP contribution in [0, 0.1) is 0 Å². The van der Waals surface area contributed by atoms with E-state index in [4.69, 9.17) is 29.4 Å². The lowest BCUT2D eigenvalue weighted by Gasteiger charge is -2.31. The topological polar surface area (TPSA) is 275 Å². The number of aliphatic carboxylic acids is 1. The van der Waals surface area contributed by atoms with Crippen molar-refractivity contribution in [3.05, 3.63) is 47.5 Å². The molecule has 2 aromatic rings. The van der Waals surface area contributed by atoms with Gasteiger partial charge in [-0.3, -0.25) is 14.4 Å². The van der Waals surface area contributed by atoms with Crippen molar-refractivity contribution >= 4 is 42.0 Å². The molecular formula is C44H65N7O13. The molecule has 3 rings (SSSR count). The highest BCUT2D eigenvalue weighted by molar-refractivity contribution is 5.95. The highest BCUT2D eigenvalue weighted by Crippen LogP contribution is 2.40. The van der Waals surface area contributed by atoms with Crippen LogP contribution in [0.4, 0.5) is 14.4 Å². The van der Waals surface area contributed by atoms with Crippen LogP contribution in [-0.2, 0) is 39.8 Å². The highest BCUT2D eigenvalue weighted by atomic mass is 16.6. The molecule has 2 aromatic carbocycles. The maximum absolute atomic E-state index is 14.3. The highest BCUT2D eigenvalue weighted by Gasteiger charge is 2.35. The number of carboxylic acids is 1. The zero-order valence-electron chi connectivity index (χ0n) is 38.6. The number of rotatable bonds is 14. The molecule has 0 saturated heterocycles. The Bertz CT molecular complexity index is 2010. The minimum absolute atomic E-state index is 0.0245. The number of hydrogen-bond acceptors (Lipinski definition) is 13. The number of hydrogen-bond donors (Lipinski definition) is 7. The molecule has 4 atom stereocenters. The second-order valence-electron chi connectivity index (χ2n) is 18.1. The average Bonchev–Trinajstić information content (AvgIpc) is 3.15. The number of benzene rings is 2. The number of amides is 6. The van der Waals surface area contributed by atoms with E-state index in [0.29, 0.717) is 16.7 Å². The molecule has 64 heavy (non-hydrogen) atoms. The van der Waals surface area contributed by atoms with Gasteiger partial charge in [0, 0.05) is 31.1 Å². The molecule has 0 fully saturated rings. The predicted molar refractivity (Wildman–Crippen MR) is 235 cm³/mol. The maximum Gasteiger partial charge on any atom is 0.407 e. The largest absolute Gasteiger partial charge is 0.491 e. The van der Waals surface area contributed by atoms with E-state index in [-0.39, 0.29) is 62.8 Å². The Morgan fingerprint density at radius 2 is 1.20 bits per heavy atom. The molecule has 4 bridgehead atoms. The number of carboxylic acid groups (broad SMARTS) is 1. The van der Waals surface area contributed by atoms with Crippen LogP contribution >= 0.6 is 0 Å². The summed E-state index contributed by atoms with van der Waals surface area (Å²) in [6.07, 6.45) is -2.23. The Balaban J connectivity index is 2.16. The summed E-state index contributed by atoms with van der Waals surface area (Å²) >= 11 is 0. The molecule has 0 aliphatic carbocycles. The molecule has 1 heterocycles. The van der Waals surface area contributed by atoms with Gasteiger partial charge in [0.2, 0.25) is 17.7 Å². The monoisotopic (exact) mass is 899 g/mol. The lowest BCUT2D eigenvalue weighted by molar-refractivity contribution is -0.143. The van der Waals surface area contributed by atoms with E-state index in [1.54, 1.807) is 98.7 Å². The second-order valence-corrected chi connectivity index (χ2v) is 18.1. The minimum Gasteiger partial charge on any atom is -0.491 e. The van der Waals surface area contributed by atoms with Crippen LogP contribution in [0.1, 0.15) is 92.8 Å². The summed E-state index contributed by atoms with van der Waals surface area (Å²) in [5.74, 6) is -3.13. The predicted octanol–water partition coefficient (Wildman–Crippen LogP) is 3.53. The first-order chi connectivity index (χ1) is 29.6. The second kappa shape index (κ2) is 22.4. The van der Waals surface area contributed by atoms with Gasteiger partial charge in [0.05, 0.1) is 19.1 Å². The summed E-state index contributed by atoms with van der Waals surface area (Å²) in [4.78, 5) is 92.3. The summed E-state index contributed by atoms with van der Waals surface area (Å²) in [6, 6.07) is 4.25. The van der Waals surface area contributed by atoms with Crippen molar-refractivity contribution in [2.24, 2.45) is 5.73 Å². The van der Waals surface area contributed by atoms with Crippen LogP contribution < -0.4 is 41.8 Å². The lowest BCUT2D eigenvalue weighted by atomic mass is 9.93. The third-order valence-electron chi connectivity index (χ3n) is 8.94. The van der Waals surface area contributed by atoms with Crippen molar-refractivity contribution < 1.29 is 62.4 Å². The van der Waals surface area contributed by atoms with Gasteiger partial charge in [-0.1, -0.05) is 12.1 Å². The first-order valence-electron chi connectivity index (χ1n) is 20.9. The zero-order chi connectivity index (χ0) is 48.2. The maximum atomic E-state index is 14.3. The Morgan fingerprint density at radius 1 is 0.734 bits per heavy atom. The third kappa shape index (κ3) is 17.1. The SMILES string of the molecule is C[C@@H]1NC(=O)[C@@H](N(C)C(=O)[C@@H](N)CCNC(=O)OC(C)(C)C)c2ccc(OCCNC(=O)OC(C)(C)C)c(c2)-c2cc(ccc2OCCNC(=O)OC(C)(C)C)C[C@@H](C(=O)O)NC1=O. The van der Waals surface area contributed by atoms with Crippen molar-refractivity contribution in [1.29, 1.82) is 0 Å². The lowest BCUT2D eigenvalue weighted by Crippen LogP contribution is -2.54. The van der Waals surface area contributed by atoms with Crippen molar-refractivity contribution in [2.45, 2.75) is 123 Å². The van der Waals surface area contributed by atoms with E-state index >= 15 is 0 Å². The number of likely N-dealkylation sites (N-methyl/N-ethyl adjacent to an activating group) is 1. The summed E-state index contributed by atoms with van der Waals surface area (Å²) in [6.45, 7) is 16.8. The van der Waals surface area contributed by atoms with Crippen LogP contribution in [0.5, 0.6) is 11.5 Å². The molecule has 0 unspecified atom stereocenters. The Hall–Kier alpha value is -6.31. The Kier molecular flexibility index (Phi) is 18.2. The molecule has 1 aliphatic rings. The number of fused-ring (bicyclic) bond motifs is 5. The van der Waals surface area contributed by atoms with E-state index in [1.165, 1.54) is 14.0 Å². The molecule has 6 amide bonds. The van der Waals surface area contributed by atoms with E-state index in [2.05, 4.69) is 26.6 Å². The van der Waals surface area contributed by atoms with E-state index in [1.807, 2.05) is 0 Å². The normalized spacial score (nSPS) is 17.2. The van der Waals surface area contributed by atoms with Gasteiger partial charge >= 0.3 is 24.2 Å². The van der Waals surface area contributed by atoms with Gasteiger partial charge < -0.3 is 66.0 Å². The molecule has 354 valence electrons. The number of carbonyl (C=O) groups is 7. The molecule has 20 nitrogen and oxygen atoms in total. The fraction of sp³-hybridized carbons (Fsp3) is 0.568. The molecular weight excluding hydrogens is 835 g/mol. The van der Waals surface area contributed by atoms with Crippen molar-refractivity contribution in [1.82, 2.24) is 31.5 Å². The van der Waals surface area contributed by atoms with Gasteiger partial charge in [-0.05, 0) is 111 Å². The number of nitrogens with one attached hydrogen (secondary N) is 5. The van der Waals surface area contributed by atoms with E-state index < -0.39 is 82.9 Å². The molecule has 20 heteroatoms. The third-order valence-corrected chi connectivity index (χ3v) is 8.94. The number of nitrogens with zero attached hydrogens (tertiary/aromatic N) is 1. The quantitative estimate of drug-likeness (QED) is 0.106. The summed E-state index contributed by atoms with van der Waals surface area (Å²) in [5.41, 5.74) is 5.50. The van der Waals surface area contributed by atoms with Crippen LogP contribution in [-0.4, -0.2) is 127 Å². The summed E-state index contributed by atoms with van der Waals surface area (Å²) in [7, 11) is 1.36. The van der Waals surface area contributed by atoms with Crippen molar-refractivity contribution in [3.8, 4) is 22.6 Å². The summed E-state index contributed by atoms with van der Waals surface area (Å²) < 4.78 is 28.3. The standard InChI is InChI=1S/C44H65N7O13/c1-25-35(52)50-31(38(55)56)23-26-12-14-32(60-20-18-47-40(58)63-43(5,6)7)28(22-26)29-24-27(13-15-33(29)61-21-19-48-41(59)64-44(8,9)10)34(36(53)49-25)51(11)37(54)30(45)16-17-46-39(57)62-42(2,3)4/h12-15,22,24-25,30-31,34H,16-21,23,45H2,1-11H3,(H,46,57)(H,47,58)(H,48,59)(H,49,53)(H,50,52)(H,55,56)/t25-,30-,31-,34-/m0/s1. The molecule has 8 N–H and O–H groups in total. The Morgan fingerprint density at radius 3 is 1.69 bits per heavy atom. The van der Waals surface area contributed by atoms with Crippen molar-refractivity contribution in [3.63, 3.8) is 0 Å². The summed E-state index contributed by atoms with van der Waals surface area (Å²) in [5, 5.41) is 23.1. The minimum atomic E-state index is -1.43. The molecule has 0 saturated carbocycles. The van der Waals surface area contributed by atoms with E-state index in [0.717, 1.165) is 4.90 Å². The van der Waals surface area contributed by atoms with E-state index in [9.17, 15) is 38.7 Å². The number of alkyl carbamates (subject to hydrolysis) is 3. The fourth-order valence-electron chi connectivity index (χ4n) is 6.15. The van der Waals surface area contributed by atoms with Crippen LogP contribution in [0.15, 0.2) is 36.4 Å².